The Morgan fingerprint density at radius 2 is 2.27 bits per heavy atom. The van der Waals surface area contributed by atoms with E-state index in [1.807, 2.05) is 0 Å². The van der Waals surface area contributed by atoms with E-state index in [1.54, 1.807) is 8.90 Å². The second kappa shape index (κ2) is 5.08. The van der Waals surface area contributed by atoms with Gasteiger partial charge in [-0.2, -0.15) is 0 Å². The predicted molar refractivity (Wildman–Crippen MR) is 44.9 cm³/mol. The van der Waals surface area contributed by atoms with E-state index in [2.05, 4.69) is 19.1 Å². The number of unbranched alkanes of at least 4 members (excludes halogenated alkanes) is 2. The Bertz CT molecular complexity index is 177. The minimum atomic E-state index is 1.26. The van der Waals surface area contributed by atoms with Crippen LogP contribution >= 0.6 is 0 Å². The van der Waals surface area contributed by atoms with Gasteiger partial charge in [0.15, 0.2) is 0 Å². The molecule has 1 rings (SSSR count). The van der Waals surface area contributed by atoms with Gasteiger partial charge in [0.25, 0.3) is 0 Å². The quantitative estimate of drug-likeness (QED) is 0.552. The molecule has 1 heteroatoms. The Balaban J connectivity index is 2.25. The van der Waals surface area contributed by atoms with E-state index in [0.29, 0.717) is 0 Å². The van der Waals surface area contributed by atoms with E-state index >= 15 is 0 Å². The van der Waals surface area contributed by atoms with Crippen molar-refractivity contribution < 1.29 is 24.4 Å². The molecular weight excluding hydrogens is 299 g/mol. The van der Waals surface area contributed by atoms with Crippen molar-refractivity contribution in [1.29, 1.82) is 0 Å². The summed E-state index contributed by atoms with van der Waals surface area (Å²) in [4.78, 5) is 0. The van der Waals surface area contributed by atoms with Gasteiger partial charge >= 0.3 is 84.5 Å². The molecule has 0 atom stereocenters. The maximum absolute atomic E-state index is 2.33. The molecule has 0 heterocycles. The van der Waals surface area contributed by atoms with Gasteiger partial charge in [-0.05, 0) is 0 Å². The van der Waals surface area contributed by atoms with Crippen molar-refractivity contribution in [2.45, 2.75) is 39.0 Å². The molecule has 0 fully saturated rings. The molecule has 0 N–H and O–H groups in total. The zero-order valence-corrected chi connectivity index (χ0v) is 10.8. The van der Waals surface area contributed by atoms with E-state index in [1.165, 1.54) is 56.5 Å². The van der Waals surface area contributed by atoms with Crippen molar-refractivity contribution in [3.05, 3.63) is 21.1 Å². The number of rotatable bonds is 4. The topological polar surface area (TPSA) is 0 Å². The molecule has 11 heavy (non-hydrogen) atoms. The van der Waals surface area contributed by atoms with Gasteiger partial charge in [-0.1, -0.05) is 0 Å². The Morgan fingerprint density at radius 3 is 2.82 bits per heavy atom. The van der Waals surface area contributed by atoms with Crippen LogP contribution in [0.3, 0.4) is 0 Å². The van der Waals surface area contributed by atoms with Crippen LogP contribution in [0, 0.1) is 0 Å². The molecule has 1 aliphatic rings. The first-order chi connectivity index (χ1) is 5.34. The first-order valence-corrected chi connectivity index (χ1v) is 6.24. The Morgan fingerprint density at radius 1 is 1.45 bits per heavy atom. The average Bonchev–Trinajstić information content (AvgIpc) is 2.37. The fraction of sp³-hybridized carbons (Fsp3) is 0.600. The summed E-state index contributed by atoms with van der Waals surface area (Å²) < 4.78 is 1.72. The number of allylic oxidation sites excluding steroid dienone is 4. The van der Waals surface area contributed by atoms with Crippen molar-refractivity contribution >= 4 is 0 Å². The van der Waals surface area contributed by atoms with Crippen LogP contribution in [0.15, 0.2) is 21.1 Å². The van der Waals surface area contributed by atoms with Crippen LogP contribution in [0.1, 0.15) is 39.0 Å². The molecule has 0 aromatic rings. The van der Waals surface area contributed by atoms with E-state index in [0.717, 1.165) is 0 Å². The normalized spacial score (nSPS) is 16.4. The van der Waals surface area contributed by atoms with Gasteiger partial charge in [-0.3, -0.25) is 0 Å². The molecule has 0 saturated carbocycles. The van der Waals surface area contributed by atoms with Gasteiger partial charge < -0.3 is 0 Å². The van der Waals surface area contributed by atoms with Crippen molar-refractivity contribution in [3.63, 3.8) is 0 Å². The molecule has 0 aromatic heterocycles. The first-order valence-electron chi connectivity index (χ1n) is 4.44. The third-order valence-electron chi connectivity index (χ3n) is 2.08. The molecule has 0 aromatic carbocycles. The van der Waals surface area contributed by atoms with Crippen LogP contribution in [0.25, 0.3) is 0 Å². The zero-order chi connectivity index (χ0) is 8.10. The van der Waals surface area contributed by atoms with Gasteiger partial charge in [-0.15, -0.1) is 0 Å². The number of hydrogen-bond donors (Lipinski definition) is 0. The third kappa shape index (κ3) is 3.06. The predicted octanol–water partition coefficient (Wildman–Crippen LogP) is 3.33. The Labute approximate surface area is 84.3 Å². The molecule has 0 nitrogen and oxygen atoms in total. The van der Waals surface area contributed by atoms with Gasteiger partial charge in [0.05, 0.1) is 0 Å². The van der Waals surface area contributed by atoms with Gasteiger partial charge in [0, 0.05) is 0 Å². The van der Waals surface area contributed by atoms with Crippen molar-refractivity contribution in [2.75, 3.05) is 0 Å². The van der Waals surface area contributed by atoms with Crippen molar-refractivity contribution in [3.8, 4) is 0 Å². The summed E-state index contributed by atoms with van der Waals surface area (Å²) in [5, 5.41) is 0. The van der Waals surface area contributed by atoms with Crippen molar-refractivity contribution in [1.82, 2.24) is 0 Å². The monoisotopic (exact) mass is 315 g/mol. The van der Waals surface area contributed by atoms with Crippen LogP contribution in [-0.4, -0.2) is 0 Å². The van der Waals surface area contributed by atoms with Crippen molar-refractivity contribution in [2.24, 2.45) is 0 Å². The Kier molecular flexibility index (Phi) is 4.36. The summed E-state index contributed by atoms with van der Waals surface area (Å²) in [5.41, 5.74) is 1.66. The summed E-state index contributed by atoms with van der Waals surface area (Å²) in [6.07, 6.45) is 11.4. The van der Waals surface area contributed by atoms with Gasteiger partial charge in [-0.25, -0.2) is 0 Å². The van der Waals surface area contributed by atoms with Crippen LogP contribution < -0.4 is 0 Å². The summed E-state index contributed by atoms with van der Waals surface area (Å²) in [7, 11) is 0. The molecule has 0 amide bonds. The van der Waals surface area contributed by atoms with E-state index in [4.69, 9.17) is 0 Å². The Hall–Kier alpha value is 0.350. The molecular formula is C10H15Hf. The molecule has 0 bridgehead atoms. The standard InChI is InChI=1S/C10H15.Hf/c1-2-3-4-7-10-8-5-6-9-10;/h5,8H,2-4,6-7H2,1H3;. The van der Waals surface area contributed by atoms with Gasteiger partial charge in [0.1, 0.15) is 0 Å². The summed E-state index contributed by atoms with van der Waals surface area (Å²) in [5.74, 6) is 0. The summed E-state index contributed by atoms with van der Waals surface area (Å²) in [6.45, 7) is 2.26. The second-order valence-corrected chi connectivity index (χ2v) is 5.24. The molecule has 0 saturated heterocycles. The fourth-order valence-corrected chi connectivity index (χ4v) is 2.52. The summed E-state index contributed by atoms with van der Waals surface area (Å²) >= 11 is 1.27. The first kappa shape index (κ1) is 9.44. The van der Waals surface area contributed by atoms with Crippen LogP contribution in [0.5, 0.6) is 0 Å². The van der Waals surface area contributed by atoms with E-state index in [-0.39, 0.29) is 0 Å². The SMILES string of the molecule is CCCCCC1=[C]([Hf])CC=C1. The van der Waals surface area contributed by atoms with Crippen LogP contribution in [-0.2, 0) is 24.4 Å². The van der Waals surface area contributed by atoms with Crippen LogP contribution in [0.4, 0.5) is 0 Å². The molecule has 1 aliphatic carbocycles. The summed E-state index contributed by atoms with van der Waals surface area (Å²) in [6, 6.07) is 0. The van der Waals surface area contributed by atoms with Crippen LogP contribution in [0.2, 0.25) is 0 Å². The van der Waals surface area contributed by atoms with E-state index in [9.17, 15) is 0 Å². The third-order valence-corrected chi connectivity index (χ3v) is 3.97. The molecule has 59 valence electrons. The molecule has 0 aliphatic heterocycles. The maximum atomic E-state index is 2.33. The fourth-order valence-electron chi connectivity index (χ4n) is 1.35. The zero-order valence-electron chi connectivity index (χ0n) is 7.19. The molecule has 0 radical (unpaired) electrons. The number of hydrogen-bond acceptors (Lipinski definition) is 0. The second-order valence-electron chi connectivity index (χ2n) is 3.07. The molecule has 0 spiro atoms. The van der Waals surface area contributed by atoms with E-state index < -0.39 is 0 Å². The molecule has 0 unspecified atom stereocenters. The minimum absolute atomic E-state index is 1.26. The average molecular weight is 314 g/mol. The van der Waals surface area contributed by atoms with Gasteiger partial charge in [0.2, 0.25) is 0 Å².